The Balaban J connectivity index is 0.00000145. The van der Waals surface area contributed by atoms with Crippen LogP contribution in [0.15, 0.2) is 52.2 Å². The number of H-pyrrole nitrogens is 1. The van der Waals surface area contributed by atoms with Crippen molar-refractivity contribution < 1.29 is 37.4 Å². The van der Waals surface area contributed by atoms with E-state index in [4.69, 9.17) is 23.4 Å². The van der Waals surface area contributed by atoms with Gasteiger partial charge in [-0.3, -0.25) is 18.9 Å². The molecule has 1 fully saturated rings. The molecule has 1 aliphatic rings. The minimum absolute atomic E-state index is 0.0974. The number of benzene rings is 1. The maximum absolute atomic E-state index is 15.4. The predicted molar refractivity (Wildman–Crippen MR) is 124 cm³/mol. The van der Waals surface area contributed by atoms with Crippen molar-refractivity contribution in [3.8, 4) is 5.75 Å². The molecule has 1 aliphatic heterocycles. The van der Waals surface area contributed by atoms with Gasteiger partial charge in [-0.15, -0.1) is 0 Å². The van der Waals surface area contributed by atoms with Gasteiger partial charge < -0.3 is 14.4 Å². The third-order valence-corrected chi connectivity index (χ3v) is 7.22. The maximum atomic E-state index is 15.4. The molecule has 2 heterocycles. The number of carbonyl (C=O) groups excluding carboxylic acids is 2. The molecule has 198 valence electrons. The molecular formula is C22H29FN3O9P. The Morgan fingerprint density at radius 1 is 1.25 bits per heavy atom. The van der Waals surface area contributed by atoms with Crippen LogP contribution in [0.3, 0.4) is 0 Å². The highest BCUT2D eigenvalue weighted by Gasteiger charge is 2.55. The van der Waals surface area contributed by atoms with Crippen molar-refractivity contribution in [1.82, 2.24) is 14.6 Å². The standard InChI is InChI=1S/C21H29FN3O7P.CO2/c1-13(2)14(3)24-33(29,32-15-8-6-5-7-9-15)30-12-16-18(27)21(4,22)19(31-16)25-11-10-17(26)23-20(25)28;2-1-3/h5-11,13-14,16,18-19,27H,12H2,1-4H3,(H,24,29)(H,23,26,28);/t14-,16+,18+,19+,21+,33?;/m0./s1. The molecule has 12 nitrogen and oxygen atoms in total. The SMILES string of the molecule is CC(C)[C@H](C)NP(=O)(OC[C@H]1O[C@@H](n2ccc(=O)[nH]c2=O)[C@](C)(F)[C@@H]1O)Oc1ccccc1.O=C=O. The quantitative estimate of drug-likeness (QED) is 0.408. The van der Waals surface area contributed by atoms with E-state index in [-0.39, 0.29) is 18.1 Å². The van der Waals surface area contributed by atoms with Gasteiger partial charge in [0.2, 0.25) is 0 Å². The number of hydrogen-bond acceptors (Lipinski definition) is 9. The number of para-hydroxylation sites is 1. The summed E-state index contributed by atoms with van der Waals surface area (Å²) in [6, 6.07) is 9.18. The molecule has 1 saturated heterocycles. The van der Waals surface area contributed by atoms with Gasteiger partial charge in [0.05, 0.1) is 6.61 Å². The van der Waals surface area contributed by atoms with Crippen LogP contribution in [-0.2, 0) is 23.4 Å². The first-order valence-corrected chi connectivity index (χ1v) is 12.5. The number of aliphatic hydroxyl groups is 1. The summed E-state index contributed by atoms with van der Waals surface area (Å²) < 4.78 is 46.4. The topological polar surface area (TPSA) is 166 Å². The van der Waals surface area contributed by atoms with Crippen LogP contribution in [0.4, 0.5) is 4.39 Å². The molecule has 3 rings (SSSR count). The highest BCUT2D eigenvalue weighted by molar-refractivity contribution is 7.52. The molecule has 0 aliphatic carbocycles. The van der Waals surface area contributed by atoms with Gasteiger partial charge in [-0.1, -0.05) is 32.0 Å². The van der Waals surface area contributed by atoms with Gasteiger partial charge in [0, 0.05) is 18.3 Å². The first-order valence-electron chi connectivity index (χ1n) is 10.9. The molecule has 14 heteroatoms. The normalized spacial score (nSPS) is 25.8. The van der Waals surface area contributed by atoms with Crippen LogP contribution in [0.2, 0.25) is 0 Å². The van der Waals surface area contributed by atoms with E-state index >= 15 is 4.39 Å². The molecule has 1 unspecified atom stereocenters. The second-order valence-corrected chi connectivity index (χ2v) is 10.3. The van der Waals surface area contributed by atoms with Crippen LogP contribution in [0.25, 0.3) is 0 Å². The lowest BCUT2D eigenvalue weighted by atomic mass is 9.98. The average Bonchev–Trinajstić information content (AvgIpc) is 3.02. The van der Waals surface area contributed by atoms with Crippen LogP contribution in [0.5, 0.6) is 5.75 Å². The van der Waals surface area contributed by atoms with E-state index in [1.807, 2.05) is 25.8 Å². The lowest BCUT2D eigenvalue weighted by Gasteiger charge is -2.27. The van der Waals surface area contributed by atoms with Crippen molar-refractivity contribution in [3.05, 3.63) is 63.4 Å². The highest BCUT2D eigenvalue weighted by atomic mass is 31.2. The molecule has 0 amide bonds. The fourth-order valence-electron chi connectivity index (χ4n) is 3.24. The smallest absolute Gasteiger partial charge is 0.413 e. The van der Waals surface area contributed by atoms with E-state index in [9.17, 15) is 19.3 Å². The first kappa shape index (κ1) is 29.3. The number of ether oxygens (including phenoxy) is 1. The molecule has 1 aromatic heterocycles. The maximum Gasteiger partial charge on any atom is 0.459 e. The highest BCUT2D eigenvalue weighted by Crippen LogP contribution is 2.47. The average molecular weight is 529 g/mol. The van der Waals surface area contributed by atoms with Gasteiger partial charge in [0.25, 0.3) is 5.56 Å². The number of nitrogens with one attached hydrogen (secondary N) is 2. The molecular weight excluding hydrogens is 500 g/mol. The molecule has 0 spiro atoms. The van der Waals surface area contributed by atoms with Gasteiger partial charge in [0.1, 0.15) is 18.0 Å². The Labute approximate surface area is 206 Å². The Bertz CT molecular complexity index is 1190. The van der Waals surface area contributed by atoms with Crippen molar-refractivity contribution in [2.75, 3.05) is 6.61 Å². The van der Waals surface area contributed by atoms with E-state index in [0.29, 0.717) is 5.75 Å². The lowest BCUT2D eigenvalue weighted by Crippen LogP contribution is -2.43. The molecule has 2 aromatic rings. The number of rotatable bonds is 9. The van der Waals surface area contributed by atoms with Crippen LogP contribution in [0, 0.1) is 5.92 Å². The van der Waals surface area contributed by atoms with Gasteiger partial charge >= 0.3 is 19.6 Å². The van der Waals surface area contributed by atoms with Crippen LogP contribution >= 0.6 is 7.75 Å². The molecule has 36 heavy (non-hydrogen) atoms. The fourth-order valence-corrected chi connectivity index (χ4v) is 4.96. The van der Waals surface area contributed by atoms with E-state index in [2.05, 4.69) is 5.09 Å². The molecule has 3 N–H and O–H groups in total. The summed E-state index contributed by atoms with van der Waals surface area (Å²) in [6.07, 6.45) is -3.20. The largest absolute Gasteiger partial charge is 0.459 e. The lowest BCUT2D eigenvalue weighted by molar-refractivity contribution is -0.191. The van der Waals surface area contributed by atoms with E-state index in [1.165, 1.54) is 0 Å². The number of aromatic nitrogens is 2. The van der Waals surface area contributed by atoms with Crippen molar-refractivity contribution in [3.63, 3.8) is 0 Å². The van der Waals surface area contributed by atoms with Crippen LogP contribution in [0.1, 0.15) is 33.9 Å². The van der Waals surface area contributed by atoms with Crippen molar-refractivity contribution in [1.29, 1.82) is 0 Å². The van der Waals surface area contributed by atoms with Crippen molar-refractivity contribution in [2.45, 2.75) is 57.8 Å². The summed E-state index contributed by atoms with van der Waals surface area (Å²) in [5.41, 5.74) is -3.95. The zero-order valence-electron chi connectivity index (χ0n) is 20.1. The van der Waals surface area contributed by atoms with Crippen molar-refractivity contribution in [2.24, 2.45) is 5.92 Å². The summed E-state index contributed by atoms with van der Waals surface area (Å²) in [5.74, 6) is 0.394. The van der Waals surface area contributed by atoms with Crippen LogP contribution in [-0.4, -0.2) is 51.3 Å². The van der Waals surface area contributed by atoms with E-state index < -0.39 is 49.7 Å². The molecule has 0 bridgehead atoms. The first-order chi connectivity index (χ1) is 16.8. The number of nitrogens with zero attached hydrogens (tertiary/aromatic N) is 1. The van der Waals surface area contributed by atoms with E-state index in [1.54, 1.807) is 30.3 Å². The third kappa shape index (κ3) is 7.30. The summed E-state index contributed by atoms with van der Waals surface area (Å²) in [6.45, 7) is 6.24. The summed E-state index contributed by atoms with van der Waals surface area (Å²) in [5, 5.41) is 13.4. The van der Waals surface area contributed by atoms with Crippen molar-refractivity contribution >= 4 is 13.9 Å². The van der Waals surface area contributed by atoms with Gasteiger partial charge in [-0.05, 0) is 31.9 Å². The Morgan fingerprint density at radius 3 is 2.42 bits per heavy atom. The Morgan fingerprint density at radius 2 is 1.86 bits per heavy atom. The Kier molecular flexibility index (Phi) is 10.1. The molecule has 1 aromatic carbocycles. The Hall–Kier alpha value is -2.92. The predicted octanol–water partition coefficient (Wildman–Crippen LogP) is 1.78. The minimum Gasteiger partial charge on any atom is -0.413 e. The number of halogens is 1. The van der Waals surface area contributed by atoms with E-state index in [0.717, 1.165) is 23.8 Å². The monoisotopic (exact) mass is 529 g/mol. The number of aliphatic hydroxyl groups excluding tert-OH is 1. The fraction of sp³-hybridized carbons (Fsp3) is 0.500. The summed E-state index contributed by atoms with van der Waals surface area (Å²) in [7, 11) is -3.96. The molecule has 6 atom stereocenters. The second kappa shape index (κ2) is 12.4. The zero-order chi connectivity index (χ0) is 27.1. The zero-order valence-corrected chi connectivity index (χ0v) is 21.0. The summed E-state index contributed by atoms with van der Waals surface area (Å²) >= 11 is 0. The molecule has 0 radical (unpaired) electrons. The van der Waals surface area contributed by atoms with Gasteiger partial charge in [0.15, 0.2) is 11.9 Å². The second-order valence-electron chi connectivity index (χ2n) is 8.58. The van der Waals surface area contributed by atoms with Gasteiger partial charge in [-0.2, -0.15) is 9.59 Å². The summed E-state index contributed by atoms with van der Waals surface area (Å²) in [4.78, 5) is 41.7. The van der Waals surface area contributed by atoms with Crippen LogP contribution < -0.4 is 20.9 Å². The number of aromatic amines is 1. The van der Waals surface area contributed by atoms with Gasteiger partial charge in [-0.25, -0.2) is 18.8 Å². The number of hydrogen-bond donors (Lipinski definition) is 3. The molecule has 0 saturated carbocycles. The minimum atomic E-state index is -3.96. The third-order valence-electron chi connectivity index (χ3n) is 5.56. The number of alkyl halides is 1.